The molecular formula is C12H24N2S. The molecule has 0 aromatic rings. The first-order valence-electron chi connectivity index (χ1n) is 5.97. The van der Waals surface area contributed by atoms with E-state index in [0.29, 0.717) is 0 Å². The van der Waals surface area contributed by atoms with Crippen LogP contribution in [0.2, 0.25) is 0 Å². The van der Waals surface area contributed by atoms with Crippen molar-refractivity contribution in [2.45, 2.75) is 39.5 Å². The van der Waals surface area contributed by atoms with Crippen molar-refractivity contribution < 1.29 is 0 Å². The second-order valence-electron chi connectivity index (χ2n) is 4.06. The molecule has 15 heavy (non-hydrogen) atoms. The normalized spacial score (nSPS) is 12.7. The maximum absolute atomic E-state index is 8.74. The van der Waals surface area contributed by atoms with Crippen molar-refractivity contribution >= 4 is 12.6 Å². The summed E-state index contributed by atoms with van der Waals surface area (Å²) < 4.78 is 0. The van der Waals surface area contributed by atoms with Crippen LogP contribution in [0.5, 0.6) is 0 Å². The molecule has 3 heteroatoms. The molecule has 0 aromatic carbocycles. The minimum atomic E-state index is 0.155. The Labute approximate surface area is 100 Å². The fourth-order valence-corrected chi connectivity index (χ4v) is 1.83. The summed E-state index contributed by atoms with van der Waals surface area (Å²) in [6.07, 6.45) is 5.05. The van der Waals surface area contributed by atoms with Crippen molar-refractivity contribution in [3.05, 3.63) is 0 Å². The lowest BCUT2D eigenvalue weighted by atomic mass is 10.1. The Morgan fingerprint density at radius 1 is 1.27 bits per heavy atom. The van der Waals surface area contributed by atoms with Gasteiger partial charge in [-0.1, -0.05) is 19.8 Å². The summed E-state index contributed by atoms with van der Waals surface area (Å²) in [7, 11) is 0. The van der Waals surface area contributed by atoms with E-state index >= 15 is 0 Å². The molecule has 0 heterocycles. The van der Waals surface area contributed by atoms with Crippen LogP contribution in [0, 0.1) is 17.2 Å². The number of nitriles is 1. The maximum atomic E-state index is 8.74. The Balaban J connectivity index is 3.49. The minimum absolute atomic E-state index is 0.155. The molecule has 0 fully saturated rings. The number of nitrogens with zero attached hydrogens (tertiary/aromatic N) is 2. The van der Waals surface area contributed by atoms with E-state index in [-0.39, 0.29) is 5.92 Å². The first kappa shape index (κ1) is 14.8. The van der Waals surface area contributed by atoms with Crippen LogP contribution in [0.1, 0.15) is 39.5 Å². The van der Waals surface area contributed by atoms with Gasteiger partial charge in [-0.3, -0.25) is 0 Å². The zero-order valence-electron chi connectivity index (χ0n) is 10.1. The first-order valence-corrected chi connectivity index (χ1v) is 6.60. The largest absolute Gasteiger partial charge is 0.302 e. The third-order valence-electron chi connectivity index (χ3n) is 2.58. The van der Waals surface area contributed by atoms with Crippen LogP contribution in [-0.2, 0) is 0 Å². The molecule has 0 saturated carbocycles. The number of rotatable bonds is 9. The Hall–Kier alpha value is -0.200. The summed E-state index contributed by atoms with van der Waals surface area (Å²) in [5.41, 5.74) is 0. The Morgan fingerprint density at radius 2 is 1.93 bits per heavy atom. The van der Waals surface area contributed by atoms with Crippen molar-refractivity contribution in [1.82, 2.24) is 4.90 Å². The fraction of sp³-hybridized carbons (Fsp3) is 0.917. The molecule has 0 rings (SSSR count). The van der Waals surface area contributed by atoms with Crippen molar-refractivity contribution in [3.8, 4) is 6.07 Å². The Bertz CT molecular complexity index is 177. The molecule has 0 aliphatic carbocycles. The van der Waals surface area contributed by atoms with Crippen molar-refractivity contribution in [1.29, 1.82) is 5.26 Å². The fourth-order valence-electron chi connectivity index (χ4n) is 1.61. The lowest BCUT2D eigenvalue weighted by Crippen LogP contribution is -2.29. The summed E-state index contributed by atoms with van der Waals surface area (Å²) in [5.74, 6) is 1.16. The average molecular weight is 228 g/mol. The van der Waals surface area contributed by atoms with Gasteiger partial charge in [0.05, 0.1) is 12.0 Å². The van der Waals surface area contributed by atoms with Crippen LogP contribution in [0.15, 0.2) is 0 Å². The molecule has 2 nitrogen and oxygen atoms in total. The SMILES string of the molecule is CCN(CCCCCCS)CC(C)C#N. The highest BCUT2D eigenvalue weighted by molar-refractivity contribution is 7.80. The molecule has 1 unspecified atom stereocenters. The van der Waals surface area contributed by atoms with Crippen LogP contribution < -0.4 is 0 Å². The second-order valence-corrected chi connectivity index (χ2v) is 4.51. The van der Waals surface area contributed by atoms with E-state index in [1.807, 2.05) is 6.92 Å². The van der Waals surface area contributed by atoms with Gasteiger partial charge in [0.2, 0.25) is 0 Å². The smallest absolute Gasteiger partial charge is 0.0666 e. The van der Waals surface area contributed by atoms with E-state index in [1.165, 1.54) is 25.7 Å². The summed E-state index contributed by atoms with van der Waals surface area (Å²) in [6.45, 7) is 7.26. The number of unbranched alkanes of at least 4 members (excludes halogenated alkanes) is 3. The predicted molar refractivity (Wildman–Crippen MR) is 69.2 cm³/mol. The molecule has 0 N–H and O–H groups in total. The van der Waals surface area contributed by atoms with Gasteiger partial charge < -0.3 is 4.90 Å². The lowest BCUT2D eigenvalue weighted by Gasteiger charge is -2.21. The molecule has 0 aliphatic heterocycles. The summed E-state index contributed by atoms with van der Waals surface area (Å²) >= 11 is 4.19. The highest BCUT2D eigenvalue weighted by atomic mass is 32.1. The van der Waals surface area contributed by atoms with Crippen molar-refractivity contribution in [2.75, 3.05) is 25.4 Å². The van der Waals surface area contributed by atoms with Gasteiger partial charge in [0.1, 0.15) is 0 Å². The molecule has 0 bridgehead atoms. The van der Waals surface area contributed by atoms with Crippen LogP contribution in [0.3, 0.4) is 0 Å². The third kappa shape index (κ3) is 8.77. The van der Waals surface area contributed by atoms with Crippen molar-refractivity contribution in [2.24, 2.45) is 5.92 Å². The molecule has 1 atom stereocenters. The van der Waals surface area contributed by atoms with E-state index in [9.17, 15) is 0 Å². The van der Waals surface area contributed by atoms with Crippen LogP contribution >= 0.6 is 12.6 Å². The van der Waals surface area contributed by atoms with Crippen LogP contribution in [0.25, 0.3) is 0 Å². The van der Waals surface area contributed by atoms with Crippen LogP contribution in [0.4, 0.5) is 0 Å². The quantitative estimate of drug-likeness (QED) is 0.485. The zero-order chi connectivity index (χ0) is 11.5. The highest BCUT2D eigenvalue weighted by Gasteiger charge is 2.06. The Kier molecular flexibility index (Phi) is 10.2. The first-order chi connectivity index (χ1) is 7.24. The molecule has 0 radical (unpaired) electrons. The van der Waals surface area contributed by atoms with E-state index in [0.717, 1.165) is 25.4 Å². The zero-order valence-corrected chi connectivity index (χ0v) is 11.0. The van der Waals surface area contributed by atoms with E-state index in [4.69, 9.17) is 5.26 Å². The second kappa shape index (κ2) is 10.3. The summed E-state index contributed by atoms with van der Waals surface area (Å²) in [6, 6.07) is 2.29. The highest BCUT2D eigenvalue weighted by Crippen LogP contribution is 2.04. The van der Waals surface area contributed by atoms with E-state index in [2.05, 4.69) is 30.5 Å². The molecule has 0 amide bonds. The molecule has 88 valence electrons. The third-order valence-corrected chi connectivity index (χ3v) is 2.90. The standard InChI is InChI=1S/C12H24N2S/c1-3-14(11-12(2)10-13)8-6-4-5-7-9-15/h12,15H,3-9,11H2,1-2H3. The summed E-state index contributed by atoms with van der Waals surface area (Å²) in [4.78, 5) is 2.37. The maximum Gasteiger partial charge on any atom is 0.0666 e. The minimum Gasteiger partial charge on any atom is -0.302 e. The average Bonchev–Trinajstić information content (AvgIpc) is 2.26. The van der Waals surface area contributed by atoms with Gasteiger partial charge in [-0.15, -0.1) is 0 Å². The van der Waals surface area contributed by atoms with Gasteiger partial charge in [0.15, 0.2) is 0 Å². The topological polar surface area (TPSA) is 27.0 Å². The number of hydrogen-bond donors (Lipinski definition) is 1. The number of hydrogen-bond acceptors (Lipinski definition) is 3. The molecule has 0 spiro atoms. The van der Waals surface area contributed by atoms with E-state index < -0.39 is 0 Å². The number of thiol groups is 1. The summed E-state index contributed by atoms with van der Waals surface area (Å²) in [5, 5.41) is 8.74. The molecule has 0 saturated heterocycles. The van der Waals surface area contributed by atoms with Gasteiger partial charge >= 0.3 is 0 Å². The molecular weight excluding hydrogens is 204 g/mol. The van der Waals surface area contributed by atoms with Crippen LogP contribution in [-0.4, -0.2) is 30.3 Å². The Morgan fingerprint density at radius 3 is 2.47 bits per heavy atom. The monoisotopic (exact) mass is 228 g/mol. The van der Waals surface area contributed by atoms with Crippen molar-refractivity contribution in [3.63, 3.8) is 0 Å². The molecule has 0 aromatic heterocycles. The van der Waals surface area contributed by atoms with Gasteiger partial charge in [-0.25, -0.2) is 0 Å². The van der Waals surface area contributed by atoms with Gasteiger partial charge in [0.25, 0.3) is 0 Å². The van der Waals surface area contributed by atoms with Gasteiger partial charge in [-0.05, 0) is 38.6 Å². The molecule has 0 aliphatic rings. The van der Waals surface area contributed by atoms with Gasteiger partial charge in [-0.2, -0.15) is 17.9 Å². The predicted octanol–water partition coefficient (Wildman–Crippen LogP) is 2.96. The van der Waals surface area contributed by atoms with E-state index in [1.54, 1.807) is 0 Å². The lowest BCUT2D eigenvalue weighted by molar-refractivity contribution is 0.262. The van der Waals surface area contributed by atoms with Gasteiger partial charge in [0, 0.05) is 6.54 Å².